The van der Waals surface area contributed by atoms with Crippen LogP contribution in [0.1, 0.15) is 17.9 Å². The summed E-state index contributed by atoms with van der Waals surface area (Å²) in [7, 11) is 0. The average Bonchev–Trinajstić information content (AvgIpc) is 3.18. The van der Waals surface area contributed by atoms with Crippen LogP contribution in [0, 0.1) is 5.92 Å². The Morgan fingerprint density at radius 3 is 2.61 bits per heavy atom. The summed E-state index contributed by atoms with van der Waals surface area (Å²) in [5, 5.41) is 0. The number of hydrogen-bond acceptors (Lipinski definition) is 4. The molecule has 5 nitrogen and oxygen atoms in total. The number of likely N-dealkylation sites (tertiary alicyclic amines) is 1. The summed E-state index contributed by atoms with van der Waals surface area (Å²) >= 11 is 1.56. The number of para-hydroxylation sites is 1. The molecule has 0 spiro atoms. The van der Waals surface area contributed by atoms with E-state index in [2.05, 4.69) is 12.1 Å². The second-order valence-corrected chi connectivity index (χ2v) is 8.38. The quantitative estimate of drug-likeness (QED) is 0.845. The summed E-state index contributed by atoms with van der Waals surface area (Å²) in [6.07, 6.45) is 0.337. The zero-order chi connectivity index (χ0) is 19.5. The molecule has 0 radical (unpaired) electrons. The van der Waals surface area contributed by atoms with Gasteiger partial charge in [-0.2, -0.15) is 0 Å². The van der Waals surface area contributed by atoms with E-state index >= 15 is 0 Å². The molecule has 0 saturated carbocycles. The number of rotatable bonds is 5. The van der Waals surface area contributed by atoms with Crippen LogP contribution in [0.3, 0.4) is 0 Å². The van der Waals surface area contributed by atoms with Gasteiger partial charge in [0.15, 0.2) is 0 Å². The summed E-state index contributed by atoms with van der Waals surface area (Å²) in [5.41, 5.74) is 8.15. The van der Waals surface area contributed by atoms with Crippen LogP contribution in [-0.4, -0.2) is 48.6 Å². The molecule has 1 saturated heterocycles. The highest BCUT2D eigenvalue weighted by Gasteiger charge is 2.35. The molecular weight excluding hydrogens is 370 g/mol. The predicted octanol–water partition coefficient (Wildman–Crippen LogP) is 2.72. The van der Waals surface area contributed by atoms with E-state index in [4.69, 9.17) is 5.73 Å². The number of benzene rings is 2. The fourth-order valence-electron chi connectivity index (χ4n) is 4.16. The standard InChI is InChI=1S/C22H25N3O2S/c23-12-17-13-24(14-18(17)16-6-2-1-3-7-16)21(26)10-11-25-19-8-4-5-9-20(19)28-15-22(25)27/h1-9,17-18H,10-15,23H2/t17-,18+/m1/s1. The Morgan fingerprint density at radius 2 is 1.82 bits per heavy atom. The lowest BCUT2D eigenvalue weighted by Gasteiger charge is -2.29. The Bertz CT molecular complexity index is 858. The number of fused-ring (bicyclic) bond motifs is 1. The minimum atomic E-state index is 0.0694. The summed E-state index contributed by atoms with van der Waals surface area (Å²) in [6, 6.07) is 18.2. The highest BCUT2D eigenvalue weighted by molar-refractivity contribution is 8.00. The number of nitrogens with two attached hydrogens (primary N) is 1. The third-order valence-electron chi connectivity index (χ3n) is 5.68. The monoisotopic (exact) mass is 395 g/mol. The first-order valence-electron chi connectivity index (χ1n) is 9.72. The van der Waals surface area contributed by atoms with Gasteiger partial charge in [0.25, 0.3) is 0 Å². The van der Waals surface area contributed by atoms with E-state index in [1.165, 1.54) is 5.56 Å². The van der Waals surface area contributed by atoms with E-state index in [0.717, 1.165) is 10.6 Å². The maximum Gasteiger partial charge on any atom is 0.237 e. The zero-order valence-electron chi connectivity index (χ0n) is 15.8. The van der Waals surface area contributed by atoms with Gasteiger partial charge >= 0.3 is 0 Å². The molecule has 6 heteroatoms. The van der Waals surface area contributed by atoms with Gasteiger partial charge in [-0.3, -0.25) is 9.59 Å². The molecule has 2 aliphatic rings. The van der Waals surface area contributed by atoms with Crippen molar-refractivity contribution in [3.63, 3.8) is 0 Å². The fourth-order valence-corrected chi connectivity index (χ4v) is 5.09. The van der Waals surface area contributed by atoms with Crippen LogP contribution in [0.4, 0.5) is 5.69 Å². The Balaban J connectivity index is 1.41. The molecule has 2 N–H and O–H groups in total. The zero-order valence-corrected chi connectivity index (χ0v) is 16.6. The SMILES string of the molecule is NC[C@@H]1CN(C(=O)CCN2C(=O)CSc3ccccc32)C[C@H]1c1ccccc1. The third-order valence-corrected chi connectivity index (χ3v) is 6.73. The lowest BCUT2D eigenvalue weighted by atomic mass is 9.89. The van der Waals surface area contributed by atoms with Gasteiger partial charge in [0.05, 0.1) is 11.4 Å². The van der Waals surface area contributed by atoms with Gasteiger partial charge in [-0.1, -0.05) is 42.5 Å². The van der Waals surface area contributed by atoms with Crippen molar-refractivity contribution >= 4 is 29.3 Å². The fraction of sp³-hybridized carbons (Fsp3) is 0.364. The smallest absolute Gasteiger partial charge is 0.237 e. The van der Waals surface area contributed by atoms with Crippen LogP contribution >= 0.6 is 11.8 Å². The summed E-state index contributed by atoms with van der Waals surface area (Å²) in [5.74, 6) is 1.16. The number of carbonyl (C=O) groups is 2. The van der Waals surface area contributed by atoms with Crippen molar-refractivity contribution in [1.82, 2.24) is 4.90 Å². The molecule has 2 aliphatic heterocycles. The number of hydrogen-bond donors (Lipinski definition) is 1. The first kappa shape index (κ1) is 19.0. The normalized spacial score (nSPS) is 21.7. The predicted molar refractivity (Wildman–Crippen MR) is 112 cm³/mol. The molecule has 2 aromatic carbocycles. The molecule has 0 aromatic heterocycles. The molecule has 2 aromatic rings. The van der Waals surface area contributed by atoms with Crippen LogP contribution in [0.15, 0.2) is 59.5 Å². The van der Waals surface area contributed by atoms with E-state index in [9.17, 15) is 9.59 Å². The molecule has 4 rings (SSSR count). The lowest BCUT2D eigenvalue weighted by molar-refractivity contribution is -0.130. The molecule has 2 atom stereocenters. The van der Waals surface area contributed by atoms with Crippen LogP contribution in [0.25, 0.3) is 0 Å². The van der Waals surface area contributed by atoms with Crippen LogP contribution in [0.2, 0.25) is 0 Å². The number of amides is 2. The molecule has 2 heterocycles. The molecule has 0 aliphatic carbocycles. The Morgan fingerprint density at radius 1 is 1.07 bits per heavy atom. The van der Waals surface area contributed by atoms with Gasteiger partial charge in [0, 0.05) is 36.9 Å². The molecule has 1 fully saturated rings. The Kier molecular flexibility index (Phi) is 5.69. The van der Waals surface area contributed by atoms with Crippen LogP contribution in [0.5, 0.6) is 0 Å². The highest BCUT2D eigenvalue weighted by atomic mass is 32.2. The first-order chi connectivity index (χ1) is 13.7. The Labute approximate surface area is 169 Å². The first-order valence-corrected chi connectivity index (χ1v) is 10.7. The molecular formula is C22H25N3O2S. The number of thioether (sulfide) groups is 1. The number of nitrogens with zero attached hydrogens (tertiary/aromatic N) is 2. The van der Waals surface area contributed by atoms with Crippen molar-refractivity contribution in [3.8, 4) is 0 Å². The van der Waals surface area contributed by atoms with Gasteiger partial charge in [-0.25, -0.2) is 0 Å². The van der Waals surface area contributed by atoms with Crippen molar-refractivity contribution in [2.45, 2.75) is 17.2 Å². The van der Waals surface area contributed by atoms with E-state index in [1.807, 2.05) is 47.4 Å². The van der Waals surface area contributed by atoms with E-state index in [0.29, 0.717) is 38.4 Å². The molecule has 0 bridgehead atoms. The van der Waals surface area contributed by atoms with Crippen molar-refractivity contribution in [2.75, 3.05) is 36.8 Å². The molecule has 28 heavy (non-hydrogen) atoms. The largest absolute Gasteiger partial charge is 0.342 e. The highest BCUT2D eigenvalue weighted by Crippen LogP contribution is 2.35. The molecule has 2 amide bonds. The van der Waals surface area contributed by atoms with Crippen molar-refractivity contribution in [1.29, 1.82) is 0 Å². The van der Waals surface area contributed by atoms with Gasteiger partial charge in [0.2, 0.25) is 11.8 Å². The van der Waals surface area contributed by atoms with E-state index in [-0.39, 0.29) is 23.7 Å². The topological polar surface area (TPSA) is 66.6 Å². The van der Waals surface area contributed by atoms with Gasteiger partial charge in [-0.05, 0) is 30.2 Å². The minimum absolute atomic E-state index is 0.0694. The van der Waals surface area contributed by atoms with Gasteiger partial charge < -0.3 is 15.5 Å². The van der Waals surface area contributed by atoms with Crippen molar-refractivity contribution in [2.24, 2.45) is 11.7 Å². The number of anilines is 1. The van der Waals surface area contributed by atoms with Crippen LogP contribution in [-0.2, 0) is 9.59 Å². The Hall–Kier alpha value is -2.31. The van der Waals surface area contributed by atoms with E-state index < -0.39 is 0 Å². The summed E-state index contributed by atoms with van der Waals surface area (Å²) < 4.78 is 0. The average molecular weight is 396 g/mol. The maximum absolute atomic E-state index is 12.9. The summed E-state index contributed by atoms with van der Waals surface area (Å²) in [4.78, 5) is 30.1. The third kappa shape index (κ3) is 3.80. The maximum atomic E-state index is 12.9. The minimum Gasteiger partial charge on any atom is -0.342 e. The second kappa shape index (κ2) is 8.37. The van der Waals surface area contributed by atoms with Gasteiger partial charge in [0.1, 0.15) is 0 Å². The van der Waals surface area contributed by atoms with E-state index in [1.54, 1.807) is 16.7 Å². The number of carbonyl (C=O) groups excluding carboxylic acids is 2. The summed E-state index contributed by atoms with van der Waals surface area (Å²) in [6.45, 7) is 2.38. The van der Waals surface area contributed by atoms with Crippen molar-refractivity contribution < 1.29 is 9.59 Å². The lowest BCUT2D eigenvalue weighted by Crippen LogP contribution is -2.39. The second-order valence-electron chi connectivity index (χ2n) is 7.36. The van der Waals surface area contributed by atoms with Gasteiger partial charge in [-0.15, -0.1) is 11.8 Å². The molecule has 146 valence electrons. The molecule has 0 unspecified atom stereocenters. The van der Waals surface area contributed by atoms with Crippen LogP contribution < -0.4 is 10.6 Å². The van der Waals surface area contributed by atoms with Crippen molar-refractivity contribution in [3.05, 3.63) is 60.2 Å².